The maximum Gasteiger partial charge on any atom is 0.166 e. The van der Waals surface area contributed by atoms with Crippen molar-refractivity contribution in [1.29, 1.82) is 0 Å². The van der Waals surface area contributed by atoms with Gasteiger partial charge in [0.1, 0.15) is 5.03 Å². The summed E-state index contributed by atoms with van der Waals surface area (Å²) in [4.78, 5) is 16.6. The summed E-state index contributed by atoms with van der Waals surface area (Å²) < 4.78 is 5.79. The molecule has 1 atom stereocenters. The van der Waals surface area contributed by atoms with Crippen molar-refractivity contribution in [3.05, 3.63) is 65.0 Å². The first-order valence-corrected chi connectivity index (χ1v) is 11.4. The normalized spacial score (nSPS) is 20.1. The molecular formula is C24H26N4OS. The minimum Gasteiger partial charge on any atom is -0.376 e. The lowest BCUT2D eigenvalue weighted by Gasteiger charge is -2.31. The van der Waals surface area contributed by atoms with Gasteiger partial charge in [0, 0.05) is 43.0 Å². The number of amidine groups is 1. The van der Waals surface area contributed by atoms with Crippen LogP contribution in [0.3, 0.4) is 0 Å². The molecule has 1 aromatic carbocycles. The fourth-order valence-corrected chi connectivity index (χ4v) is 5.20. The monoisotopic (exact) mass is 418 g/mol. The van der Waals surface area contributed by atoms with Crippen LogP contribution in [0, 0.1) is 13.8 Å². The van der Waals surface area contributed by atoms with Crippen molar-refractivity contribution in [2.75, 3.05) is 13.2 Å². The van der Waals surface area contributed by atoms with E-state index in [0.717, 1.165) is 48.2 Å². The van der Waals surface area contributed by atoms with E-state index in [1.807, 2.05) is 18.5 Å². The highest BCUT2D eigenvalue weighted by molar-refractivity contribution is 8.13. The van der Waals surface area contributed by atoms with Crippen LogP contribution in [0.5, 0.6) is 0 Å². The van der Waals surface area contributed by atoms with Crippen LogP contribution in [0.1, 0.15) is 35.1 Å². The number of fused-ring (bicyclic) bond motifs is 2. The van der Waals surface area contributed by atoms with E-state index in [-0.39, 0.29) is 6.10 Å². The van der Waals surface area contributed by atoms with Crippen molar-refractivity contribution in [3.63, 3.8) is 0 Å². The van der Waals surface area contributed by atoms with Crippen molar-refractivity contribution in [3.8, 4) is 0 Å². The Morgan fingerprint density at radius 3 is 3.00 bits per heavy atom. The number of ether oxygens (including phenoxy) is 1. The van der Waals surface area contributed by atoms with Crippen LogP contribution in [0.25, 0.3) is 10.9 Å². The van der Waals surface area contributed by atoms with Crippen LogP contribution in [0.2, 0.25) is 0 Å². The number of pyridine rings is 2. The number of aryl methyl sites for hydroxylation is 2. The van der Waals surface area contributed by atoms with Crippen LogP contribution in [-0.2, 0) is 17.8 Å². The highest BCUT2D eigenvalue weighted by atomic mass is 32.2. The summed E-state index contributed by atoms with van der Waals surface area (Å²) in [6, 6.07) is 10.8. The molecule has 2 aromatic heterocycles. The van der Waals surface area contributed by atoms with Crippen molar-refractivity contribution >= 4 is 27.8 Å². The van der Waals surface area contributed by atoms with Gasteiger partial charge in [-0.25, -0.2) is 4.98 Å². The Balaban J connectivity index is 1.50. The molecule has 5 rings (SSSR count). The summed E-state index contributed by atoms with van der Waals surface area (Å²) in [6.07, 6.45) is 6.23. The molecule has 0 unspecified atom stereocenters. The Labute approximate surface area is 181 Å². The Hall–Kier alpha value is -2.44. The lowest BCUT2D eigenvalue weighted by Crippen LogP contribution is -2.32. The zero-order valence-electron chi connectivity index (χ0n) is 17.5. The minimum absolute atomic E-state index is 0.245. The van der Waals surface area contributed by atoms with Gasteiger partial charge in [-0.05, 0) is 67.8 Å². The predicted octanol–water partition coefficient (Wildman–Crippen LogP) is 4.89. The number of thioether (sulfide) groups is 1. The molecule has 0 bridgehead atoms. The largest absolute Gasteiger partial charge is 0.376 e. The van der Waals surface area contributed by atoms with Crippen LogP contribution in [0.4, 0.5) is 0 Å². The van der Waals surface area contributed by atoms with E-state index in [4.69, 9.17) is 14.7 Å². The van der Waals surface area contributed by atoms with E-state index in [2.05, 4.69) is 48.0 Å². The molecule has 0 spiro atoms. The molecule has 0 amide bonds. The third-order valence-electron chi connectivity index (χ3n) is 5.66. The second-order valence-electron chi connectivity index (χ2n) is 8.18. The predicted molar refractivity (Wildman–Crippen MR) is 122 cm³/mol. The molecule has 2 aliphatic heterocycles. The lowest BCUT2D eigenvalue weighted by molar-refractivity contribution is 0.117. The van der Waals surface area contributed by atoms with Gasteiger partial charge >= 0.3 is 0 Å². The molecule has 1 fully saturated rings. The number of nitrogens with zero attached hydrogens (tertiary/aromatic N) is 4. The fourth-order valence-electron chi connectivity index (χ4n) is 4.24. The van der Waals surface area contributed by atoms with E-state index in [1.54, 1.807) is 11.8 Å². The number of rotatable bonds is 4. The molecule has 0 radical (unpaired) electrons. The van der Waals surface area contributed by atoms with Crippen molar-refractivity contribution in [2.24, 2.45) is 4.99 Å². The van der Waals surface area contributed by atoms with E-state index in [9.17, 15) is 0 Å². The smallest absolute Gasteiger partial charge is 0.166 e. The fraction of sp³-hybridized carbons (Fsp3) is 0.375. The zero-order valence-corrected chi connectivity index (χ0v) is 18.3. The Morgan fingerprint density at radius 1 is 1.27 bits per heavy atom. The van der Waals surface area contributed by atoms with Gasteiger partial charge in [0.2, 0.25) is 0 Å². The maximum absolute atomic E-state index is 5.79. The average Bonchev–Trinajstić information content (AvgIpc) is 3.25. The zero-order chi connectivity index (χ0) is 20.5. The molecular weight excluding hydrogens is 392 g/mol. The van der Waals surface area contributed by atoms with Crippen molar-refractivity contribution in [2.45, 2.75) is 50.9 Å². The Kier molecular flexibility index (Phi) is 5.44. The summed E-state index contributed by atoms with van der Waals surface area (Å²) in [5.41, 5.74) is 6.04. The molecule has 0 saturated carbocycles. The molecule has 1 saturated heterocycles. The second-order valence-corrected chi connectivity index (χ2v) is 9.14. The van der Waals surface area contributed by atoms with E-state index < -0.39 is 0 Å². The maximum atomic E-state index is 5.79. The molecule has 4 heterocycles. The molecule has 2 aliphatic rings. The van der Waals surface area contributed by atoms with Gasteiger partial charge in [0.15, 0.2) is 5.17 Å². The van der Waals surface area contributed by atoms with E-state index in [1.165, 1.54) is 27.6 Å². The minimum atomic E-state index is 0.245. The third kappa shape index (κ3) is 4.07. The summed E-state index contributed by atoms with van der Waals surface area (Å²) in [5, 5.41) is 3.31. The Morgan fingerprint density at radius 2 is 2.20 bits per heavy atom. The number of hydrogen-bond donors (Lipinski definition) is 0. The molecule has 3 aromatic rings. The number of hydrogen-bond acceptors (Lipinski definition) is 5. The average molecular weight is 419 g/mol. The van der Waals surface area contributed by atoms with Gasteiger partial charge in [-0.15, -0.1) is 0 Å². The number of aliphatic imine (C=N–C) groups is 1. The summed E-state index contributed by atoms with van der Waals surface area (Å²) in [5.74, 6) is 0. The summed E-state index contributed by atoms with van der Waals surface area (Å²) >= 11 is 1.68. The first kappa shape index (κ1) is 19.5. The molecule has 0 aliphatic carbocycles. The summed E-state index contributed by atoms with van der Waals surface area (Å²) in [6.45, 7) is 7.45. The quantitative estimate of drug-likeness (QED) is 0.604. The van der Waals surface area contributed by atoms with Crippen LogP contribution >= 0.6 is 11.8 Å². The van der Waals surface area contributed by atoms with Gasteiger partial charge in [-0.1, -0.05) is 17.7 Å². The lowest BCUT2D eigenvalue weighted by atomic mass is 10.1. The highest BCUT2D eigenvalue weighted by Crippen LogP contribution is 2.35. The Bertz CT molecular complexity index is 1090. The number of benzene rings is 1. The van der Waals surface area contributed by atoms with E-state index >= 15 is 0 Å². The first-order chi connectivity index (χ1) is 14.7. The van der Waals surface area contributed by atoms with Crippen molar-refractivity contribution in [1.82, 2.24) is 14.9 Å². The summed E-state index contributed by atoms with van der Waals surface area (Å²) in [7, 11) is 0. The van der Waals surface area contributed by atoms with Crippen LogP contribution in [0.15, 0.2) is 52.7 Å². The SMILES string of the molecule is Cc1cc(C)c2nc3c(cc2c1)CN(Cc1cccnc1)C(=NC[C@H]1CCCO1)S3. The standard InChI is InChI=1S/C24H26N4OS/c1-16-9-17(2)22-19(10-16)11-20-15-28(14-18-5-3-7-25-12-18)24(30-23(20)27-22)26-13-21-6-4-8-29-21/h3,5,7,9-12,21H,4,6,8,13-15H2,1-2H3/t21-/m1/s1. The van der Waals surface area contributed by atoms with Crippen molar-refractivity contribution < 1.29 is 4.74 Å². The molecule has 30 heavy (non-hydrogen) atoms. The van der Waals surface area contributed by atoms with Gasteiger partial charge in [0.05, 0.1) is 18.2 Å². The molecule has 0 N–H and O–H groups in total. The van der Waals surface area contributed by atoms with Gasteiger partial charge in [0.25, 0.3) is 0 Å². The van der Waals surface area contributed by atoms with Crippen LogP contribution in [-0.4, -0.2) is 39.3 Å². The third-order valence-corrected chi connectivity index (χ3v) is 6.78. The van der Waals surface area contributed by atoms with Crippen LogP contribution < -0.4 is 0 Å². The molecule has 154 valence electrons. The van der Waals surface area contributed by atoms with E-state index in [0.29, 0.717) is 6.54 Å². The topological polar surface area (TPSA) is 50.6 Å². The first-order valence-electron chi connectivity index (χ1n) is 10.5. The van der Waals surface area contributed by atoms with Gasteiger partial charge in [-0.3, -0.25) is 9.98 Å². The molecule has 5 nitrogen and oxygen atoms in total. The highest BCUT2D eigenvalue weighted by Gasteiger charge is 2.25. The van der Waals surface area contributed by atoms with Gasteiger partial charge < -0.3 is 9.64 Å². The number of aromatic nitrogens is 2. The van der Waals surface area contributed by atoms with Gasteiger partial charge in [-0.2, -0.15) is 0 Å². The second kappa shape index (κ2) is 8.36. The molecule has 6 heteroatoms.